The first kappa shape index (κ1) is 15.1. The highest BCUT2D eigenvalue weighted by Gasteiger charge is 2.33. The molecule has 1 aromatic carbocycles. The topological polar surface area (TPSA) is 41.3 Å². The molecule has 0 unspecified atom stereocenters. The minimum absolute atomic E-state index is 0.303. The van der Waals surface area contributed by atoms with E-state index in [1.54, 1.807) is 6.20 Å². The highest BCUT2D eigenvalue weighted by molar-refractivity contribution is 5.23. The molecule has 1 N–H and O–H groups in total. The van der Waals surface area contributed by atoms with Crippen LogP contribution in [0.1, 0.15) is 23.6 Å². The van der Waals surface area contributed by atoms with E-state index in [1.165, 1.54) is 6.07 Å². The molecular formula is C16H19F2N3O. The van der Waals surface area contributed by atoms with Crippen molar-refractivity contribution in [2.45, 2.75) is 32.0 Å². The maximum Gasteiger partial charge on any atom is 0.128 e. The summed E-state index contributed by atoms with van der Waals surface area (Å²) in [6, 6.07) is 3.18. The van der Waals surface area contributed by atoms with Gasteiger partial charge in [-0.05, 0) is 37.1 Å². The first-order chi connectivity index (χ1) is 10.5. The number of aromatic nitrogens is 2. The lowest BCUT2D eigenvalue weighted by atomic mass is 10.0. The Bertz CT molecular complexity index is 659. The molecule has 2 heterocycles. The normalized spacial score (nSPS) is 22.4. The minimum Gasteiger partial charge on any atom is -0.392 e. The molecule has 0 saturated carbocycles. The number of halogens is 2. The lowest BCUT2D eigenvalue weighted by Crippen LogP contribution is -2.29. The van der Waals surface area contributed by atoms with Gasteiger partial charge in [0.05, 0.1) is 18.8 Å². The Kier molecular flexibility index (Phi) is 4.22. The van der Waals surface area contributed by atoms with E-state index in [4.69, 9.17) is 0 Å². The van der Waals surface area contributed by atoms with Crippen molar-refractivity contribution in [3.63, 3.8) is 0 Å². The second-order valence-corrected chi connectivity index (χ2v) is 5.85. The summed E-state index contributed by atoms with van der Waals surface area (Å²) in [5.74, 6) is -0.888. The van der Waals surface area contributed by atoms with Crippen LogP contribution in [0.15, 0.2) is 30.6 Å². The molecule has 1 fully saturated rings. The number of likely N-dealkylation sites (tertiary alicyclic amines) is 1. The van der Waals surface area contributed by atoms with Gasteiger partial charge in [-0.2, -0.15) is 5.10 Å². The third kappa shape index (κ3) is 3.18. The maximum absolute atomic E-state index is 14.0. The molecular weight excluding hydrogens is 288 g/mol. The molecule has 3 rings (SSSR count). The van der Waals surface area contributed by atoms with Crippen LogP contribution in [0.3, 0.4) is 0 Å². The minimum atomic E-state index is -0.521. The molecule has 1 aromatic heterocycles. The summed E-state index contributed by atoms with van der Waals surface area (Å²) in [5.41, 5.74) is 1.39. The predicted molar refractivity (Wildman–Crippen MR) is 78.3 cm³/mol. The van der Waals surface area contributed by atoms with Gasteiger partial charge in [0.15, 0.2) is 0 Å². The summed E-state index contributed by atoms with van der Waals surface area (Å²) in [6.07, 6.45) is 3.61. The van der Waals surface area contributed by atoms with Gasteiger partial charge >= 0.3 is 0 Å². The fraction of sp³-hybridized carbons (Fsp3) is 0.438. The molecule has 0 radical (unpaired) electrons. The molecule has 0 spiro atoms. The first-order valence-electron chi connectivity index (χ1n) is 7.39. The van der Waals surface area contributed by atoms with Gasteiger partial charge in [-0.1, -0.05) is 0 Å². The van der Waals surface area contributed by atoms with Gasteiger partial charge in [0.2, 0.25) is 0 Å². The van der Waals surface area contributed by atoms with Crippen LogP contribution in [0.5, 0.6) is 0 Å². The van der Waals surface area contributed by atoms with Gasteiger partial charge < -0.3 is 5.11 Å². The highest BCUT2D eigenvalue weighted by Crippen LogP contribution is 2.33. The summed E-state index contributed by atoms with van der Waals surface area (Å²) >= 11 is 0. The average molecular weight is 307 g/mol. The van der Waals surface area contributed by atoms with Crippen molar-refractivity contribution in [1.29, 1.82) is 0 Å². The van der Waals surface area contributed by atoms with Crippen molar-refractivity contribution >= 4 is 0 Å². The Labute approximate surface area is 128 Å². The van der Waals surface area contributed by atoms with Gasteiger partial charge in [0.1, 0.15) is 11.6 Å². The van der Waals surface area contributed by atoms with E-state index >= 15 is 0 Å². The van der Waals surface area contributed by atoms with Crippen molar-refractivity contribution in [1.82, 2.24) is 14.7 Å². The number of hydrogen-bond acceptors (Lipinski definition) is 3. The fourth-order valence-electron chi connectivity index (χ4n) is 3.04. The average Bonchev–Trinajstić information content (AvgIpc) is 3.05. The van der Waals surface area contributed by atoms with Crippen molar-refractivity contribution in [2.24, 2.45) is 0 Å². The smallest absolute Gasteiger partial charge is 0.128 e. The fourth-order valence-corrected chi connectivity index (χ4v) is 3.04. The molecule has 2 atom stereocenters. The number of aryl methyl sites for hydroxylation is 1. The zero-order chi connectivity index (χ0) is 15.7. The molecule has 0 amide bonds. The van der Waals surface area contributed by atoms with Crippen LogP contribution < -0.4 is 0 Å². The Morgan fingerprint density at radius 3 is 2.86 bits per heavy atom. The number of hydrogen-bond donors (Lipinski definition) is 1. The maximum atomic E-state index is 14.0. The monoisotopic (exact) mass is 307 g/mol. The van der Waals surface area contributed by atoms with E-state index in [2.05, 4.69) is 5.10 Å². The van der Waals surface area contributed by atoms with Crippen LogP contribution in [-0.2, 0) is 6.54 Å². The summed E-state index contributed by atoms with van der Waals surface area (Å²) in [4.78, 5) is 1.99. The van der Waals surface area contributed by atoms with E-state index in [9.17, 15) is 13.9 Å². The number of rotatable bonds is 4. The molecule has 22 heavy (non-hydrogen) atoms. The largest absolute Gasteiger partial charge is 0.392 e. The third-order valence-corrected chi connectivity index (χ3v) is 4.08. The number of aliphatic hydroxyl groups is 1. The molecule has 6 heteroatoms. The lowest BCUT2D eigenvalue weighted by molar-refractivity contribution is 0.172. The molecule has 1 aliphatic rings. The van der Waals surface area contributed by atoms with Gasteiger partial charge in [-0.25, -0.2) is 8.78 Å². The molecule has 4 nitrogen and oxygen atoms in total. The standard InChI is InChI=1S/C16H19F2N3O/c1-11-8-19-21(9-11)5-4-20-10-13(22)7-16(20)14-6-12(17)2-3-15(14)18/h2-3,6,8-9,13,16,22H,4-5,7,10H2,1H3/t13-,16+/m0/s1. The summed E-state index contributed by atoms with van der Waals surface area (Å²) in [6.45, 7) is 3.70. The summed E-state index contributed by atoms with van der Waals surface area (Å²) in [5, 5.41) is 14.1. The molecule has 0 bridgehead atoms. The Hall–Kier alpha value is -1.79. The van der Waals surface area contributed by atoms with Crippen molar-refractivity contribution in [3.05, 3.63) is 53.4 Å². The van der Waals surface area contributed by atoms with Gasteiger partial charge in [-0.3, -0.25) is 9.58 Å². The molecule has 1 aliphatic heterocycles. The van der Waals surface area contributed by atoms with E-state index < -0.39 is 17.7 Å². The van der Waals surface area contributed by atoms with Gasteiger partial charge in [0, 0.05) is 30.9 Å². The summed E-state index contributed by atoms with van der Waals surface area (Å²) < 4.78 is 29.2. The second-order valence-electron chi connectivity index (χ2n) is 5.85. The van der Waals surface area contributed by atoms with Crippen molar-refractivity contribution in [3.8, 4) is 0 Å². The van der Waals surface area contributed by atoms with Crippen LogP contribution >= 0.6 is 0 Å². The van der Waals surface area contributed by atoms with Crippen LogP contribution in [0, 0.1) is 18.6 Å². The van der Waals surface area contributed by atoms with Crippen LogP contribution in [0.25, 0.3) is 0 Å². The van der Waals surface area contributed by atoms with Crippen LogP contribution in [0.4, 0.5) is 8.78 Å². The number of benzene rings is 1. The Balaban J connectivity index is 1.75. The van der Waals surface area contributed by atoms with E-state index in [-0.39, 0.29) is 6.04 Å². The lowest BCUT2D eigenvalue weighted by Gasteiger charge is -2.24. The first-order valence-corrected chi connectivity index (χ1v) is 7.39. The quantitative estimate of drug-likeness (QED) is 0.942. The predicted octanol–water partition coefficient (Wildman–Crippen LogP) is 2.28. The van der Waals surface area contributed by atoms with E-state index in [0.717, 1.165) is 17.7 Å². The van der Waals surface area contributed by atoms with Crippen LogP contribution in [0.2, 0.25) is 0 Å². The SMILES string of the molecule is Cc1cnn(CCN2C[C@@H](O)C[C@@H]2c2cc(F)ccc2F)c1. The van der Waals surface area contributed by atoms with Gasteiger partial charge in [-0.15, -0.1) is 0 Å². The second kappa shape index (κ2) is 6.14. The zero-order valence-electron chi connectivity index (χ0n) is 12.4. The third-order valence-electron chi connectivity index (χ3n) is 4.08. The highest BCUT2D eigenvalue weighted by atomic mass is 19.1. The van der Waals surface area contributed by atoms with E-state index in [0.29, 0.717) is 31.6 Å². The summed E-state index contributed by atoms with van der Waals surface area (Å²) in [7, 11) is 0. The zero-order valence-corrected chi connectivity index (χ0v) is 12.4. The molecule has 0 aliphatic carbocycles. The molecule has 2 aromatic rings. The van der Waals surface area contributed by atoms with Crippen molar-refractivity contribution < 1.29 is 13.9 Å². The Morgan fingerprint density at radius 1 is 1.32 bits per heavy atom. The molecule has 1 saturated heterocycles. The van der Waals surface area contributed by atoms with Gasteiger partial charge in [0.25, 0.3) is 0 Å². The number of nitrogens with zero attached hydrogens (tertiary/aromatic N) is 3. The number of aliphatic hydroxyl groups excluding tert-OH is 1. The number of β-amino-alcohol motifs (C(OH)–C–C–N with tert-alkyl or cyclic N) is 1. The van der Waals surface area contributed by atoms with E-state index in [1.807, 2.05) is 22.7 Å². The Morgan fingerprint density at radius 2 is 2.14 bits per heavy atom. The van der Waals surface area contributed by atoms with Crippen LogP contribution in [-0.4, -0.2) is 39.0 Å². The van der Waals surface area contributed by atoms with Crippen molar-refractivity contribution in [2.75, 3.05) is 13.1 Å². The molecule has 118 valence electrons.